The Morgan fingerprint density at radius 1 is 1.37 bits per heavy atom. The van der Waals surface area contributed by atoms with Gasteiger partial charge >= 0.3 is 5.97 Å². The van der Waals surface area contributed by atoms with Gasteiger partial charge < -0.3 is 5.11 Å². The Morgan fingerprint density at radius 3 is 2.95 bits per heavy atom. The van der Waals surface area contributed by atoms with Crippen molar-refractivity contribution >= 4 is 28.6 Å². The van der Waals surface area contributed by atoms with Crippen molar-refractivity contribution < 1.29 is 9.90 Å². The Bertz CT molecular complexity index is 615. The number of carbonyl (C=O) groups is 1. The fraction of sp³-hybridized carbons (Fsp3) is 0.333. The van der Waals surface area contributed by atoms with Crippen LogP contribution < -0.4 is 0 Å². The molecule has 1 saturated heterocycles. The van der Waals surface area contributed by atoms with Gasteiger partial charge in [0.1, 0.15) is 4.75 Å². The second-order valence-electron chi connectivity index (χ2n) is 4.92. The molecular weight excluding hydrogens is 258 g/mol. The van der Waals surface area contributed by atoms with Gasteiger partial charge in [0.15, 0.2) is 0 Å². The normalized spacial score (nSPS) is 22.7. The largest absolute Gasteiger partial charge is 0.480 e. The molecule has 4 heteroatoms. The van der Waals surface area contributed by atoms with E-state index in [9.17, 15) is 9.90 Å². The maximum Gasteiger partial charge on any atom is 0.320 e. The molecule has 3 nitrogen and oxygen atoms in total. The molecule has 98 valence electrons. The Balaban J connectivity index is 2.03. The van der Waals surface area contributed by atoms with Crippen molar-refractivity contribution in [1.82, 2.24) is 4.98 Å². The lowest BCUT2D eigenvalue weighted by atomic mass is 9.93. The van der Waals surface area contributed by atoms with E-state index in [-0.39, 0.29) is 0 Å². The highest BCUT2D eigenvalue weighted by atomic mass is 32.2. The summed E-state index contributed by atoms with van der Waals surface area (Å²) in [4.78, 5) is 16.0. The van der Waals surface area contributed by atoms with E-state index in [2.05, 4.69) is 4.98 Å². The Labute approximate surface area is 116 Å². The Kier molecular flexibility index (Phi) is 3.19. The van der Waals surface area contributed by atoms with Gasteiger partial charge in [-0.3, -0.25) is 9.78 Å². The van der Waals surface area contributed by atoms with Crippen molar-refractivity contribution in [2.75, 3.05) is 5.75 Å². The lowest BCUT2D eigenvalue weighted by molar-refractivity contribution is -0.139. The molecular formula is C15H15NO2S. The zero-order valence-corrected chi connectivity index (χ0v) is 11.3. The van der Waals surface area contributed by atoms with E-state index in [4.69, 9.17) is 0 Å². The van der Waals surface area contributed by atoms with Gasteiger partial charge in [-0.2, -0.15) is 0 Å². The van der Waals surface area contributed by atoms with E-state index < -0.39 is 10.7 Å². The van der Waals surface area contributed by atoms with E-state index in [1.807, 2.05) is 30.3 Å². The summed E-state index contributed by atoms with van der Waals surface area (Å²) >= 11 is 1.57. The molecule has 1 unspecified atom stereocenters. The van der Waals surface area contributed by atoms with E-state index in [0.717, 1.165) is 35.1 Å². The monoisotopic (exact) mass is 273 g/mol. The number of carboxylic acid groups (broad SMARTS) is 1. The number of aromatic nitrogens is 1. The molecule has 0 saturated carbocycles. The van der Waals surface area contributed by atoms with Crippen LogP contribution in [0.25, 0.3) is 10.9 Å². The smallest absolute Gasteiger partial charge is 0.320 e. The summed E-state index contributed by atoms with van der Waals surface area (Å²) in [5, 5.41) is 10.6. The SMILES string of the molecule is O=C(O)C1(Cc2cccc3cccnc23)CCCS1. The van der Waals surface area contributed by atoms with E-state index in [1.165, 1.54) is 0 Å². The first-order chi connectivity index (χ1) is 9.21. The van der Waals surface area contributed by atoms with Gasteiger partial charge in [0, 0.05) is 11.6 Å². The highest BCUT2D eigenvalue weighted by Gasteiger charge is 2.42. The predicted molar refractivity (Wildman–Crippen MR) is 77.5 cm³/mol. The number of aliphatic carboxylic acids is 1. The van der Waals surface area contributed by atoms with Gasteiger partial charge in [0.25, 0.3) is 0 Å². The van der Waals surface area contributed by atoms with Gasteiger partial charge in [0.05, 0.1) is 5.52 Å². The molecule has 19 heavy (non-hydrogen) atoms. The minimum Gasteiger partial charge on any atom is -0.480 e. The van der Waals surface area contributed by atoms with Crippen LogP contribution in [0.2, 0.25) is 0 Å². The van der Waals surface area contributed by atoms with Crippen LogP contribution in [0.4, 0.5) is 0 Å². The maximum absolute atomic E-state index is 11.6. The quantitative estimate of drug-likeness (QED) is 0.933. The van der Waals surface area contributed by atoms with Crippen molar-refractivity contribution in [3.8, 4) is 0 Å². The van der Waals surface area contributed by atoms with Crippen LogP contribution >= 0.6 is 11.8 Å². The molecule has 2 aromatic rings. The van der Waals surface area contributed by atoms with Crippen molar-refractivity contribution in [2.45, 2.75) is 24.0 Å². The summed E-state index contributed by atoms with van der Waals surface area (Å²) in [6.45, 7) is 0. The lowest BCUT2D eigenvalue weighted by Crippen LogP contribution is -2.34. The average Bonchev–Trinajstić information content (AvgIpc) is 2.89. The molecule has 0 aliphatic carbocycles. The lowest BCUT2D eigenvalue weighted by Gasteiger charge is -2.23. The number of pyridine rings is 1. The number of nitrogens with zero attached hydrogens (tertiary/aromatic N) is 1. The fourth-order valence-electron chi connectivity index (χ4n) is 2.70. The number of benzene rings is 1. The highest BCUT2D eigenvalue weighted by Crippen LogP contribution is 2.41. The third-order valence-corrected chi connectivity index (χ3v) is 5.25. The number of fused-ring (bicyclic) bond motifs is 1. The molecule has 0 radical (unpaired) electrons. The Hall–Kier alpha value is -1.55. The molecule has 3 rings (SSSR count). The second-order valence-corrected chi connectivity index (χ2v) is 6.40. The highest BCUT2D eigenvalue weighted by molar-refractivity contribution is 8.01. The van der Waals surface area contributed by atoms with Crippen LogP contribution in [-0.4, -0.2) is 26.6 Å². The van der Waals surface area contributed by atoms with Crippen molar-refractivity contribution in [1.29, 1.82) is 0 Å². The standard InChI is InChI=1S/C15H15NO2S/c17-14(18)15(7-3-9-19-15)10-12-5-1-4-11-6-2-8-16-13(11)12/h1-2,4-6,8H,3,7,9-10H2,(H,17,18). The van der Waals surface area contributed by atoms with E-state index >= 15 is 0 Å². The number of rotatable bonds is 3. The molecule has 1 N–H and O–H groups in total. The summed E-state index contributed by atoms with van der Waals surface area (Å²) in [7, 11) is 0. The summed E-state index contributed by atoms with van der Waals surface area (Å²) in [5.41, 5.74) is 1.97. The fourth-order valence-corrected chi connectivity index (χ4v) is 4.05. The molecule has 1 aliphatic rings. The van der Waals surface area contributed by atoms with Crippen LogP contribution in [-0.2, 0) is 11.2 Å². The topological polar surface area (TPSA) is 50.2 Å². The molecule has 0 spiro atoms. The van der Waals surface area contributed by atoms with Crippen LogP contribution in [0, 0.1) is 0 Å². The molecule has 1 aromatic carbocycles. The minimum atomic E-state index is -0.692. The summed E-state index contributed by atoms with van der Waals surface area (Å²) in [5.74, 6) is 0.243. The molecule has 1 atom stereocenters. The molecule has 2 heterocycles. The van der Waals surface area contributed by atoms with Gasteiger partial charge in [-0.25, -0.2) is 0 Å². The number of hydrogen-bond donors (Lipinski definition) is 1. The van der Waals surface area contributed by atoms with E-state index in [0.29, 0.717) is 6.42 Å². The van der Waals surface area contributed by atoms with Crippen LogP contribution in [0.1, 0.15) is 18.4 Å². The first-order valence-corrected chi connectivity index (χ1v) is 7.40. The molecule has 1 aromatic heterocycles. The first-order valence-electron chi connectivity index (χ1n) is 6.41. The molecule has 0 amide bonds. The summed E-state index contributed by atoms with van der Waals surface area (Å²) in [6.07, 6.45) is 4.05. The second kappa shape index (κ2) is 4.85. The molecule has 0 bridgehead atoms. The van der Waals surface area contributed by atoms with Crippen molar-refractivity contribution in [3.05, 3.63) is 42.1 Å². The number of thioether (sulfide) groups is 1. The number of carboxylic acids is 1. The van der Waals surface area contributed by atoms with Gasteiger partial charge in [-0.1, -0.05) is 24.3 Å². The van der Waals surface area contributed by atoms with Gasteiger partial charge in [-0.05, 0) is 36.6 Å². The zero-order valence-electron chi connectivity index (χ0n) is 10.5. The van der Waals surface area contributed by atoms with Crippen molar-refractivity contribution in [2.24, 2.45) is 0 Å². The first kappa shape index (κ1) is 12.5. The number of para-hydroxylation sites is 1. The van der Waals surface area contributed by atoms with Crippen molar-refractivity contribution in [3.63, 3.8) is 0 Å². The minimum absolute atomic E-state index is 0.557. The molecule has 1 fully saturated rings. The zero-order chi connectivity index (χ0) is 13.3. The van der Waals surface area contributed by atoms with Gasteiger partial charge in [-0.15, -0.1) is 11.8 Å². The maximum atomic E-state index is 11.6. The van der Waals surface area contributed by atoms with E-state index in [1.54, 1.807) is 18.0 Å². The number of hydrogen-bond acceptors (Lipinski definition) is 3. The van der Waals surface area contributed by atoms with Crippen LogP contribution in [0.5, 0.6) is 0 Å². The summed E-state index contributed by atoms with van der Waals surface area (Å²) < 4.78 is -0.661. The van der Waals surface area contributed by atoms with Crippen LogP contribution in [0.3, 0.4) is 0 Å². The third-order valence-electron chi connectivity index (χ3n) is 3.69. The third kappa shape index (κ3) is 2.21. The van der Waals surface area contributed by atoms with Gasteiger partial charge in [0.2, 0.25) is 0 Å². The average molecular weight is 273 g/mol. The predicted octanol–water partition coefficient (Wildman–Crippen LogP) is 3.13. The van der Waals surface area contributed by atoms with Crippen LogP contribution in [0.15, 0.2) is 36.5 Å². The summed E-state index contributed by atoms with van der Waals surface area (Å²) in [6, 6.07) is 9.92. The Morgan fingerprint density at radius 2 is 2.21 bits per heavy atom. The molecule has 1 aliphatic heterocycles.